The minimum atomic E-state index is -1.06. The second-order valence-electron chi connectivity index (χ2n) is 4.39. The molecule has 2 rings (SSSR count). The summed E-state index contributed by atoms with van der Waals surface area (Å²) in [5, 5.41) is 9.34. The molecule has 0 unspecified atom stereocenters. The fourth-order valence-electron chi connectivity index (χ4n) is 2.11. The standard InChI is InChI=1S/C14H11Cl2NO4/c1-2-7(14(20)21)5-6-17-11-9(16)4-3-8(15)10(11)12(18)13(17)19/h3-5H,2,6H2,1H3,(H,20,21)/b7-5-. The van der Waals surface area contributed by atoms with E-state index in [-0.39, 0.29) is 33.4 Å². The third-order valence-corrected chi connectivity index (χ3v) is 3.81. The summed E-state index contributed by atoms with van der Waals surface area (Å²) in [6.45, 7) is 1.64. The number of hydrogen-bond donors (Lipinski definition) is 1. The molecule has 1 aromatic rings. The molecule has 0 spiro atoms. The Morgan fingerprint density at radius 2 is 1.90 bits per heavy atom. The maximum Gasteiger partial charge on any atom is 0.331 e. The second kappa shape index (κ2) is 5.87. The van der Waals surface area contributed by atoms with E-state index in [0.29, 0.717) is 6.42 Å². The minimum Gasteiger partial charge on any atom is -0.478 e. The molecule has 0 bridgehead atoms. The van der Waals surface area contributed by atoms with Crippen molar-refractivity contribution >= 4 is 46.5 Å². The number of amides is 1. The molecule has 0 atom stereocenters. The highest BCUT2D eigenvalue weighted by Crippen LogP contribution is 2.39. The summed E-state index contributed by atoms with van der Waals surface area (Å²) in [6, 6.07) is 2.94. The van der Waals surface area contributed by atoms with Gasteiger partial charge < -0.3 is 5.11 Å². The molecule has 1 aliphatic rings. The topological polar surface area (TPSA) is 74.7 Å². The van der Waals surface area contributed by atoms with Crippen molar-refractivity contribution in [3.8, 4) is 0 Å². The van der Waals surface area contributed by atoms with Crippen LogP contribution in [0, 0.1) is 0 Å². The van der Waals surface area contributed by atoms with Gasteiger partial charge in [-0.15, -0.1) is 0 Å². The fourth-order valence-corrected chi connectivity index (χ4v) is 2.61. The summed E-state index contributed by atoms with van der Waals surface area (Å²) in [6.07, 6.45) is 1.70. The normalized spacial score (nSPS) is 14.6. The quantitative estimate of drug-likeness (QED) is 0.681. The van der Waals surface area contributed by atoms with Gasteiger partial charge in [0.15, 0.2) is 0 Å². The Morgan fingerprint density at radius 1 is 1.29 bits per heavy atom. The Hall–Kier alpha value is -1.85. The van der Waals surface area contributed by atoms with E-state index >= 15 is 0 Å². The van der Waals surface area contributed by atoms with Crippen LogP contribution in [0.3, 0.4) is 0 Å². The molecule has 0 saturated carbocycles. The van der Waals surface area contributed by atoms with E-state index in [9.17, 15) is 14.4 Å². The first-order valence-corrected chi connectivity index (χ1v) is 6.90. The number of benzene rings is 1. The van der Waals surface area contributed by atoms with Gasteiger partial charge in [0.2, 0.25) is 0 Å². The van der Waals surface area contributed by atoms with Crippen molar-refractivity contribution < 1.29 is 19.5 Å². The molecule has 7 heteroatoms. The summed E-state index contributed by atoms with van der Waals surface area (Å²) in [4.78, 5) is 36.1. The van der Waals surface area contributed by atoms with Crippen LogP contribution in [-0.2, 0) is 9.59 Å². The lowest BCUT2D eigenvalue weighted by atomic mass is 10.1. The Morgan fingerprint density at radius 3 is 2.48 bits per heavy atom. The summed E-state index contributed by atoms with van der Waals surface area (Å²) in [5.41, 5.74) is 0.453. The van der Waals surface area contributed by atoms with Gasteiger partial charge in [0.05, 0.1) is 21.3 Å². The van der Waals surface area contributed by atoms with Gasteiger partial charge in [0, 0.05) is 12.1 Å². The van der Waals surface area contributed by atoms with Crippen molar-refractivity contribution in [2.75, 3.05) is 11.4 Å². The van der Waals surface area contributed by atoms with Crippen molar-refractivity contribution in [3.63, 3.8) is 0 Å². The monoisotopic (exact) mass is 327 g/mol. The first-order chi connectivity index (χ1) is 9.88. The number of ketones is 1. The highest BCUT2D eigenvalue weighted by atomic mass is 35.5. The van der Waals surface area contributed by atoms with Gasteiger partial charge in [-0.1, -0.05) is 36.2 Å². The number of halogens is 2. The molecular formula is C14H11Cl2NO4. The largest absolute Gasteiger partial charge is 0.478 e. The van der Waals surface area contributed by atoms with Gasteiger partial charge in [-0.25, -0.2) is 4.79 Å². The van der Waals surface area contributed by atoms with E-state index in [1.165, 1.54) is 18.2 Å². The number of rotatable bonds is 4. The van der Waals surface area contributed by atoms with E-state index in [1.54, 1.807) is 6.92 Å². The molecule has 1 heterocycles. The molecule has 1 aliphatic heterocycles. The number of anilines is 1. The lowest BCUT2D eigenvalue weighted by molar-refractivity contribution is -0.132. The number of carboxylic acid groups (broad SMARTS) is 1. The number of carboxylic acids is 1. The van der Waals surface area contributed by atoms with Gasteiger partial charge in [0.25, 0.3) is 11.7 Å². The summed E-state index contributed by atoms with van der Waals surface area (Å²) >= 11 is 12.0. The van der Waals surface area contributed by atoms with Crippen molar-refractivity contribution in [3.05, 3.63) is 39.4 Å². The molecule has 1 amide bonds. The zero-order valence-electron chi connectivity index (χ0n) is 11.0. The van der Waals surface area contributed by atoms with E-state index in [1.807, 2.05) is 0 Å². The fraction of sp³-hybridized carbons (Fsp3) is 0.214. The Kier molecular flexibility index (Phi) is 4.34. The number of nitrogens with zero attached hydrogens (tertiary/aromatic N) is 1. The molecule has 0 aromatic heterocycles. The maximum absolute atomic E-state index is 12.0. The lowest BCUT2D eigenvalue weighted by Gasteiger charge is -2.16. The maximum atomic E-state index is 12.0. The van der Waals surface area contributed by atoms with Crippen LogP contribution in [0.4, 0.5) is 5.69 Å². The molecule has 5 nitrogen and oxygen atoms in total. The molecular weight excluding hydrogens is 317 g/mol. The zero-order chi connectivity index (χ0) is 15.7. The molecule has 1 N–H and O–H groups in total. The summed E-state index contributed by atoms with van der Waals surface area (Å²) < 4.78 is 0. The molecule has 21 heavy (non-hydrogen) atoms. The first-order valence-electron chi connectivity index (χ1n) is 6.15. The predicted molar refractivity (Wildman–Crippen MR) is 79.2 cm³/mol. The SMILES string of the molecule is CC/C(=C/CN1C(=O)C(=O)c2c(Cl)ccc(Cl)c21)C(=O)O. The number of carbonyl (C=O) groups excluding carboxylic acids is 2. The highest BCUT2D eigenvalue weighted by molar-refractivity contribution is 6.57. The number of Topliss-reactive ketones (excluding diaryl/α,β-unsaturated/α-hetero) is 1. The molecule has 110 valence electrons. The lowest BCUT2D eigenvalue weighted by Crippen LogP contribution is -2.30. The predicted octanol–water partition coefficient (Wildman–Crippen LogP) is 2.94. The van der Waals surface area contributed by atoms with Gasteiger partial charge >= 0.3 is 5.97 Å². The van der Waals surface area contributed by atoms with E-state index in [2.05, 4.69) is 0 Å². The molecule has 1 aromatic carbocycles. The number of fused-ring (bicyclic) bond motifs is 1. The third kappa shape index (κ3) is 2.66. The van der Waals surface area contributed by atoms with Crippen LogP contribution < -0.4 is 4.90 Å². The van der Waals surface area contributed by atoms with Gasteiger partial charge in [-0.05, 0) is 18.6 Å². The molecule has 0 aliphatic carbocycles. The van der Waals surface area contributed by atoms with Gasteiger partial charge in [-0.3, -0.25) is 14.5 Å². The minimum absolute atomic E-state index is 0.0485. The summed E-state index contributed by atoms with van der Waals surface area (Å²) in [5.74, 6) is -2.57. The van der Waals surface area contributed by atoms with E-state index in [0.717, 1.165) is 4.90 Å². The van der Waals surface area contributed by atoms with Crippen molar-refractivity contribution in [2.24, 2.45) is 0 Å². The zero-order valence-corrected chi connectivity index (χ0v) is 12.5. The molecule has 0 radical (unpaired) electrons. The van der Waals surface area contributed by atoms with Crippen LogP contribution in [0.25, 0.3) is 0 Å². The van der Waals surface area contributed by atoms with Crippen molar-refractivity contribution in [1.29, 1.82) is 0 Å². The molecule has 0 fully saturated rings. The van der Waals surface area contributed by atoms with Crippen LogP contribution in [0.2, 0.25) is 10.0 Å². The number of hydrogen-bond acceptors (Lipinski definition) is 3. The smallest absolute Gasteiger partial charge is 0.331 e. The van der Waals surface area contributed by atoms with Crippen LogP contribution in [0.5, 0.6) is 0 Å². The van der Waals surface area contributed by atoms with Crippen LogP contribution >= 0.6 is 23.2 Å². The van der Waals surface area contributed by atoms with Crippen molar-refractivity contribution in [1.82, 2.24) is 0 Å². The molecule has 0 saturated heterocycles. The Labute approximate surface area is 130 Å². The van der Waals surface area contributed by atoms with Crippen LogP contribution in [0.1, 0.15) is 23.7 Å². The Bertz CT molecular complexity index is 682. The number of aliphatic carboxylic acids is 1. The third-order valence-electron chi connectivity index (χ3n) is 3.19. The van der Waals surface area contributed by atoms with E-state index < -0.39 is 17.7 Å². The Balaban J connectivity index is 2.45. The number of carbonyl (C=O) groups is 3. The van der Waals surface area contributed by atoms with Crippen molar-refractivity contribution in [2.45, 2.75) is 13.3 Å². The average molecular weight is 328 g/mol. The second-order valence-corrected chi connectivity index (χ2v) is 5.20. The van der Waals surface area contributed by atoms with Crippen LogP contribution in [0.15, 0.2) is 23.8 Å². The average Bonchev–Trinajstić information content (AvgIpc) is 2.69. The highest BCUT2D eigenvalue weighted by Gasteiger charge is 2.38. The van der Waals surface area contributed by atoms with Gasteiger partial charge in [-0.2, -0.15) is 0 Å². The van der Waals surface area contributed by atoms with E-state index in [4.69, 9.17) is 28.3 Å². The van der Waals surface area contributed by atoms with Gasteiger partial charge in [0.1, 0.15) is 0 Å². The first kappa shape index (κ1) is 15.5. The summed E-state index contributed by atoms with van der Waals surface area (Å²) in [7, 11) is 0. The van der Waals surface area contributed by atoms with Crippen LogP contribution in [-0.4, -0.2) is 29.3 Å².